The monoisotopic (exact) mass is 528 g/mol. The highest BCUT2D eigenvalue weighted by Gasteiger charge is 2.50. The molecule has 5 rings (SSSR count). The molecule has 3 heterocycles. The Kier molecular flexibility index (Phi) is 6.66. The van der Waals surface area contributed by atoms with Crippen molar-refractivity contribution in [2.45, 2.75) is 70.1 Å². The van der Waals surface area contributed by atoms with Crippen LogP contribution in [-0.4, -0.2) is 61.6 Å². The molecule has 10 nitrogen and oxygen atoms in total. The molecule has 0 spiro atoms. The fourth-order valence-electron chi connectivity index (χ4n) is 4.69. The van der Waals surface area contributed by atoms with Crippen molar-refractivity contribution in [3.05, 3.63) is 53.5 Å². The molecule has 12 heteroatoms. The van der Waals surface area contributed by atoms with E-state index in [9.17, 15) is 18.4 Å². The van der Waals surface area contributed by atoms with Crippen LogP contribution in [0.5, 0.6) is 0 Å². The summed E-state index contributed by atoms with van der Waals surface area (Å²) in [6.45, 7) is 5.54. The van der Waals surface area contributed by atoms with Gasteiger partial charge in [-0.3, -0.25) is 9.48 Å². The molecular weight excluding hydrogens is 498 g/mol. The third kappa shape index (κ3) is 5.39. The SMILES string of the molecule is CC(C)(C)OC(=O)N[C@@H]1CCN(C(=O)Cn2nc(-c3nc(C4(c5ccccc5)CC4)no3)cc2C(F)F)C1. The van der Waals surface area contributed by atoms with E-state index in [1.165, 1.54) is 11.0 Å². The number of carbonyl (C=O) groups excluding carboxylic acids is 2. The molecule has 0 radical (unpaired) electrons. The number of likely N-dealkylation sites (tertiary alicyclic amines) is 1. The van der Waals surface area contributed by atoms with E-state index in [0.717, 1.165) is 23.1 Å². The molecule has 1 N–H and O–H groups in total. The van der Waals surface area contributed by atoms with Gasteiger partial charge in [0.15, 0.2) is 11.5 Å². The molecule has 1 aliphatic carbocycles. The number of alkyl halides is 2. The maximum Gasteiger partial charge on any atom is 0.407 e. The third-order valence-electron chi connectivity index (χ3n) is 6.73. The van der Waals surface area contributed by atoms with Gasteiger partial charge in [0.25, 0.3) is 12.3 Å². The lowest BCUT2D eigenvalue weighted by molar-refractivity contribution is -0.131. The summed E-state index contributed by atoms with van der Waals surface area (Å²) in [5.41, 5.74) is -0.239. The van der Waals surface area contributed by atoms with Gasteiger partial charge in [0.1, 0.15) is 17.8 Å². The second-order valence-corrected chi connectivity index (χ2v) is 10.8. The Morgan fingerprint density at radius 2 is 1.97 bits per heavy atom. The minimum Gasteiger partial charge on any atom is -0.444 e. The number of hydrogen-bond acceptors (Lipinski definition) is 7. The van der Waals surface area contributed by atoms with E-state index < -0.39 is 23.8 Å². The van der Waals surface area contributed by atoms with Gasteiger partial charge in [-0.1, -0.05) is 35.5 Å². The van der Waals surface area contributed by atoms with Crippen LogP contribution in [0.1, 0.15) is 63.5 Å². The number of halogens is 2. The number of nitrogens with zero attached hydrogens (tertiary/aromatic N) is 5. The van der Waals surface area contributed by atoms with Crippen molar-refractivity contribution in [3.63, 3.8) is 0 Å². The van der Waals surface area contributed by atoms with Crippen molar-refractivity contribution in [1.29, 1.82) is 0 Å². The van der Waals surface area contributed by atoms with E-state index in [4.69, 9.17) is 9.26 Å². The maximum absolute atomic E-state index is 13.8. The van der Waals surface area contributed by atoms with Gasteiger partial charge in [0, 0.05) is 13.1 Å². The summed E-state index contributed by atoms with van der Waals surface area (Å²) in [6.07, 6.45) is -1.16. The van der Waals surface area contributed by atoms with Crippen LogP contribution in [0.25, 0.3) is 11.6 Å². The molecule has 2 amide bonds. The van der Waals surface area contributed by atoms with E-state index in [1.807, 2.05) is 30.3 Å². The largest absolute Gasteiger partial charge is 0.444 e. The molecule has 3 aromatic rings. The smallest absolute Gasteiger partial charge is 0.407 e. The topological polar surface area (TPSA) is 115 Å². The van der Waals surface area contributed by atoms with Crippen molar-refractivity contribution in [3.8, 4) is 11.6 Å². The van der Waals surface area contributed by atoms with Crippen LogP contribution in [0.3, 0.4) is 0 Å². The number of alkyl carbamates (subject to hydrolysis) is 1. The number of rotatable bonds is 7. The Morgan fingerprint density at radius 3 is 2.63 bits per heavy atom. The maximum atomic E-state index is 13.8. The zero-order valence-corrected chi connectivity index (χ0v) is 21.5. The summed E-state index contributed by atoms with van der Waals surface area (Å²) in [5, 5.41) is 11.1. The molecule has 1 aromatic carbocycles. The quantitative estimate of drug-likeness (QED) is 0.491. The summed E-state index contributed by atoms with van der Waals surface area (Å²) in [6, 6.07) is 10.7. The zero-order chi connectivity index (χ0) is 27.1. The van der Waals surface area contributed by atoms with E-state index in [0.29, 0.717) is 18.8 Å². The lowest BCUT2D eigenvalue weighted by Gasteiger charge is -2.22. The van der Waals surface area contributed by atoms with Gasteiger partial charge in [0.05, 0.1) is 11.5 Å². The Morgan fingerprint density at radius 1 is 1.24 bits per heavy atom. The van der Waals surface area contributed by atoms with Crippen molar-refractivity contribution in [1.82, 2.24) is 30.1 Å². The molecule has 38 heavy (non-hydrogen) atoms. The lowest BCUT2D eigenvalue weighted by atomic mass is 9.95. The van der Waals surface area contributed by atoms with Crippen molar-refractivity contribution < 1.29 is 27.6 Å². The molecule has 2 fully saturated rings. The molecule has 202 valence electrons. The lowest BCUT2D eigenvalue weighted by Crippen LogP contribution is -2.41. The number of amides is 2. The van der Waals surface area contributed by atoms with Gasteiger partial charge in [-0.15, -0.1) is 0 Å². The highest BCUT2D eigenvalue weighted by atomic mass is 19.3. The fourth-order valence-corrected chi connectivity index (χ4v) is 4.69. The van der Waals surface area contributed by atoms with E-state index in [1.54, 1.807) is 20.8 Å². The first-order chi connectivity index (χ1) is 18.0. The van der Waals surface area contributed by atoms with Crippen LogP contribution < -0.4 is 5.32 Å². The van der Waals surface area contributed by atoms with Gasteiger partial charge in [-0.05, 0) is 51.7 Å². The van der Waals surface area contributed by atoms with E-state index >= 15 is 0 Å². The van der Waals surface area contributed by atoms with E-state index in [-0.39, 0.29) is 42.0 Å². The molecule has 1 saturated carbocycles. The average Bonchev–Trinajstić information content (AvgIpc) is 3.18. The first kappa shape index (κ1) is 25.8. The number of aromatic nitrogens is 4. The van der Waals surface area contributed by atoms with Crippen molar-refractivity contribution >= 4 is 12.0 Å². The van der Waals surface area contributed by atoms with Crippen LogP contribution in [0, 0.1) is 0 Å². The van der Waals surface area contributed by atoms with Crippen LogP contribution >= 0.6 is 0 Å². The van der Waals surface area contributed by atoms with Crippen molar-refractivity contribution in [2.75, 3.05) is 13.1 Å². The molecule has 1 aliphatic heterocycles. The molecule has 0 bridgehead atoms. The second kappa shape index (κ2) is 9.80. The summed E-state index contributed by atoms with van der Waals surface area (Å²) >= 11 is 0. The van der Waals surface area contributed by atoms with Gasteiger partial charge < -0.3 is 19.5 Å². The molecule has 0 unspecified atom stereocenters. The van der Waals surface area contributed by atoms with Crippen LogP contribution in [0.2, 0.25) is 0 Å². The summed E-state index contributed by atoms with van der Waals surface area (Å²) < 4.78 is 39.3. The Hall–Kier alpha value is -3.83. The standard InChI is InChI=1S/C26H30F2N6O4/c1-25(2,3)37-24(36)29-17-9-12-33(14-17)20(35)15-34-19(21(27)28)13-18(31-34)22-30-23(32-38-22)26(10-11-26)16-7-5-4-6-8-16/h4-8,13,17,21H,9-12,14-15H2,1-3H3,(H,29,36)/t17-/m1/s1. The molecule has 1 atom stereocenters. The minimum atomic E-state index is -2.86. The predicted octanol–water partition coefficient (Wildman–Crippen LogP) is 4.08. The fraction of sp³-hybridized carbons (Fsp3) is 0.500. The summed E-state index contributed by atoms with van der Waals surface area (Å²) in [7, 11) is 0. The number of carbonyl (C=O) groups is 2. The number of hydrogen-bond donors (Lipinski definition) is 1. The molecule has 2 aliphatic rings. The van der Waals surface area contributed by atoms with Crippen LogP contribution in [0.4, 0.5) is 13.6 Å². The number of ether oxygens (including phenoxy) is 1. The predicted molar refractivity (Wildman–Crippen MR) is 131 cm³/mol. The third-order valence-corrected chi connectivity index (χ3v) is 6.73. The first-order valence-electron chi connectivity index (χ1n) is 12.6. The molecule has 1 saturated heterocycles. The highest BCUT2D eigenvalue weighted by Crippen LogP contribution is 2.52. The Labute approximate surface area is 218 Å². The summed E-state index contributed by atoms with van der Waals surface area (Å²) in [4.78, 5) is 30.9. The van der Waals surface area contributed by atoms with Gasteiger partial charge >= 0.3 is 6.09 Å². The Balaban J connectivity index is 1.27. The van der Waals surface area contributed by atoms with Crippen molar-refractivity contribution in [2.24, 2.45) is 0 Å². The highest BCUT2D eigenvalue weighted by molar-refractivity contribution is 5.77. The first-order valence-corrected chi connectivity index (χ1v) is 12.6. The number of nitrogens with one attached hydrogen (secondary N) is 1. The second-order valence-electron chi connectivity index (χ2n) is 10.8. The van der Waals surface area contributed by atoms with Crippen LogP contribution in [-0.2, 0) is 21.5 Å². The van der Waals surface area contributed by atoms with E-state index in [2.05, 4.69) is 20.6 Å². The number of benzene rings is 1. The average molecular weight is 529 g/mol. The van der Waals surface area contributed by atoms with Crippen LogP contribution in [0.15, 0.2) is 40.9 Å². The minimum absolute atomic E-state index is 0.0260. The normalized spacial score (nSPS) is 18.6. The summed E-state index contributed by atoms with van der Waals surface area (Å²) in [5.74, 6) is 0.129. The van der Waals surface area contributed by atoms with Gasteiger partial charge in [-0.25, -0.2) is 13.6 Å². The molecular formula is C26H30F2N6O4. The van der Waals surface area contributed by atoms with Gasteiger partial charge in [0.2, 0.25) is 5.91 Å². The van der Waals surface area contributed by atoms with Gasteiger partial charge in [-0.2, -0.15) is 10.1 Å². The zero-order valence-electron chi connectivity index (χ0n) is 21.5. The Bertz CT molecular complexity index is 1310. The molecule has 2 aromatic heterocycles.